The third-order valence-corrected chi connectivity index (χ3v) is 5.51. The molecule has 2 aromatic heterocycles. The zero-order chi connectivity index (χ0) is 17.4. The number of anilines is 3. The lowest BCUT2D eigenvalue weighted by atomic mass is 9.99. The molecule has 0 spiro atoms. The Labute approximate surface area is 163 Å². The highest BCUT2D eigenvalue weighted by atomic mass is 35.5. The van der Waals surface area contributed by atoms with Crippen LogP contribution in [0.3, 0.4) is 0 Å². The van der Waals surface area contributed by atoms with Crippen LogP contribution in [0.1, 0.15) is 28.1 Å². The van der Waals surface area contributed by atoms with Crippen LogP contribution in [0.4, 0.5) is 16.9 Å². The fourth-order valence-electron chi connectivity index (χ4n) is 3.16. The van der Waals surface area contributed by atoms with Gasteiger partial charge in [0, 0.05) is 29.7 Å². The van der Waals surface area contributed by atoms with Crippen LogP contribution in [0.15, 0.2) is 29.6 Å². The number of nitrogens with one attached hydrogen (secondary N) is 1. The molecule has 26 heavy (non-hydrogen) atoms. The molecule has 0 aliphatic carbocycles. The quantitative estimate of drug-likeness (QED) is 0.712. The second-order valence-corrected chi connectivity index (χ2v) is 7.30. The van der Waals surface area contributed by atoms with E-state index >= 15 is 0 Å². The lowest BCUT2D eigenvalue weighted by Crippen LogP contribution is -2.32. The molecule has 136 valence electrons. The molecule has 0 saturated carbocycles. The van der Waals surface area contributed by atoms with Gasteiger partial charge in [-0.05, 0) is 38.3 Å². The van der Waals surface area contributed by atoms with E-state index in [0.717, 1.165) is 47.4 Å². The van der Waals surface area contributed by atoms with Crippen LogP contribution in [-0.2, 0) is 13.0 Å². The number of thiazole rings is 1. The van der Waals surface area contributed by atoms with Gasteiger partial charge in [0.25, 0.3) is 0 Å². The summed E-state index contributed by atoms with van der Waals surface area (Å²) in [5.74, 6) is 1.63. The molecule has 0 radical (unpaired) electrons. The molecule has 1 aliphatic heterocycles. The van der Waals surface area contributed by atoms with Gasteiger partial charge in [-0.15, -0.1) is 23.7 Å². The predicted octanol–water partition coefficient (Wildman–Crippen LogP) is 4.59. The van der Waals surface area contributed by atoms with Crippen LogP contribution in [0.5, 0.6) is 0 Å². The normalized spacial score (nSPS) is 13.1. The van der Waals surface area contributed by atoms with Crippen LogP contribution in [0.2, 0.25) is 0 Å². The van der Waals surface area contributed by atoms with E-state index in [0.29, 0.717) is 5.95 Å². The highest BCUT2D eigenvalue weighted by Gasteiger charge is 2.20. The molecule has 7 heteroatoms. The Hall–Kier alpha value is -2.18. The van der Waals surface area contributed by atoms with E-state index in [1.165, 1.54) is 11.1 Å². The molecule has 1 aromatic carbocycles. The Morgan fingerprint density at radius 2 is 1.81 bits per heavy atom. The molecule has 0 fully saturated rings. The van der Waals surface area contributed by atoms with E-state index in [-0.39, 0.29) is 12.4 Å². The van der Waals surface area contributed by atoms with E-state index in [1.54, 1.807) is 11.3 Å². The van der Waals surface area contributed by atoms with Gasteiger partial charge in [0.05, 0.1) is 5.69 Å². The largest absolute Gasteiger partial charge is 0.352 e. The highest BCUT2D eigenvalue weighted by Crippen LogP contribution is 2.28. The smallest absolute Gasteiger partial charge is 0.231 e. The fraction of sp³-hybridized carbons (Fsp3) is 0.316. The molecule has 0 atom stereocenters. The summed E-state index contributed by atoms with van der Waals surface area (Å²) in [6, 6.07) is 8.66. The van der Waals surface area contributed by atoms with Gasteiger partial charge < -0.3 is 4.90 Å². The summed E-state index contributed by atoms with van der Waals surface area (Å²) in [7, 11) is 0. The van der Waals surface area contributed by atoms with Crippen molar-refractivity contribution in [3.63, 3.8) is 0 Å². The summed E-state index contributed by atoms with van der Waals surface area (Å²) in [5, 5.41) is 6.10. The minimum Gasteiger partial charge on any atom is -0.352 e. The van der Waals surface area contributed by atoms with Crippen molar-refractivity contribution >= 4 is 40.6 Å². The van der Waals surface area contributed by atoms with E-state index in [9.17, 15) is 0 Å². The first-order chi connectivity index (χ1) is 12.1. The molecule has 1 N–H and O–H groups in total. The van der Waals surface area contributed by atoms with E-state index in [1.807, 2.05) is 19.2 Å². The van der Waals surface area contributed by atoms with Gasteiger partial charge in [-0.2, -0.15) is 4.98 Å². The number of nitrogens with zero attached hydrogens (tertiary/aromatic N) is 4. The number of fused-ring (bicyclic) bond motifs is 1. The Morgan fingerprint density at radius 1 is 1.04 bits per heavy atom. The van der Waals surface area contributed by atoms with Crippen LogP contribution >= 0.6 is 23.7 Å². The number of hydrogen-bond acceptors (Lipinski definition) is 6. The maximum Gasteiger partial charge on any atom is 0.231 e. The molecule has 4 rings (SSSR count). The van der Waals surface area contributed by atoms with Crippen molar-refractivity contribution in [2.75, 3.05) is 16.8 Å². The Balaban J connectivity index is 0.00000196. The zero-order valence-electron chi connectivity index (χ0n) is 15.1. The average molecular weight is 388 g/mol. The van der Waals surface area contributed by atoms with Crippen molar-refractivity contribution < 1.29 is 0 Å². The minimum absolute atomic E-state index is 0. The minimum atomic E-state index is 0. The monoisotopic (exact) mass is 387 g/mol. The first-order valence-electron chi connectivity index (χ1n) is 8.46. The molecule has 0 unspecified atom stereocenters. The van der Waals surface area contributed by atoms with Gasteiger partial charge in [-0.3, -0.25) is 5.32 Å². The summed E-state index contributed by atoms with van der Waals surface area (Å²) in [6.07, 6.45) is 1.05. The summed E-state index contributed by atoms with van der Waals surface area (Å²) in [5.41, 5.74) is 5.97. The second-order valence-electron chi connectivity index (χ2n) is 6.44. The van der Waals surface area contributed by atoms with Crippen LogP contribution in [0.25, 0.3) is 0 Å². The van der Waals surface area contributed by atoms with Crippen LogP contribution in [0, 0.1) is 20.8 Å². The van der Waals surface area contributed by atoms with Gasteiger partial charge in [0.2, 0.25) is 5.95 Å². The number of halogens is 1. The molecule has 3 aromatic rings. The topological polar surface area (TPSA) is 53.9 Å². The lowest BCUT2D eigenvalue weighted by Gasteiger charge is -2.31. The van der Waals surface area contributed by atoms with Gasteiger partial charge in [0.15, 0.2) is 5.13 Å². The Morgan fingerprint density at radius 3 is 2.54 bits per heavy atom. The molecule has 0 saturated heterocycles. The molecular formula is C19H22ClN5S. The maximum atomic E-state index is 4.80. The summed E-state index contributed by atoms with van der Waals surface area (Å²) >= 11 is 1.57. The van der Waals surface area contributed by atoms with E-state index < -0.39 is 0 Å². The lowest BCUT2D eigenvalue weighted by molar-refractivity contribution is 0.716. The Kier molecular flexibility index (Phi) is 5.44. The van der Waals surface area contributed by atoms with Crippen molar-refractivity contribution in [2.45, 2.75) is 33.7 Å². The molecule has 0 bridgehead atoms. The standard InChI is InChI=1S/C19H21N5S.ClH/c1-12-11-25-19(20-12)23-18-21-14(3)13(2)17(22-18)24-9-8-15-6-4-5-7-16(15)10-24;/h4-7,11H,8-10H2,1-3H3,(H,20,21,22,23);1H. The van der Waals surface area contributed by atoms with Crippen molar-refractivity contribution in [2.24, 2.45) is 0 Å². The average Bonchev–Trinajstić information content (AvgIpc) is 3.02. The van der Waals surface area contributed by atoms with Crippen molar-refractivity contribution in [1.82, 2.24) is 15.0 Å². The van der Waals surface area contributed by atoms with Gasteiger partial charge in [-0.1, -0.05) is 24.3 Å². The van der Waals surface area contributed by atoms with E-state index in [2.05, 4.69) is 51.4 Å². The predicted molar refractivity (Wildman–Crippen MR) is 110 cm³/mol. The Bertz CT molecular complexity index is 924. The highest BCUT2D eigenvalue weighted by molar-refractivity contribution is 7.13. The van der Waals surface area contributed by atoms with Crippen molar-refractivity contribution in [1.29, 1.82) is 0 Å². The molecule has 0 amide bonds. The van der Waals surface area contributed by atoms with Crippen molar-refractivity contribution in [3.8, 4) is 0 Å². The van der Waals surface area contributed by atoms with Gasteiger partial charge >= 0.3 is 0 Å². The van der Waals surface area contributed by atoms with Crippen LogP contribution in [-0.4, -0.2) is 21.5 Å². The summed E-state index contributed by atoms with van der Waals surface area (Å²) in [6.45, 7) is 7.99. The number of aryl methyl sites for hydroxylation is 2. The molecule has 1 aliphatic rings. The first kappa shape index (κ1) is 18.6. The maximum absolute atomic E-state index is 4.80. The number of rotatable bonds is 3. The van der Waals surface area contributed by atoms with Gasteiger partial charge in [0.1, 0.15) is 5.82 Å². The second kappa shape index (κ2) is 7.60. The molecule has 3 heterocycles. The summed E-state index contributed by atoms with van der Waals surface area (Å²) < 4.78 is 0. The number of benzene rings is 1. The molecular weight excluding hydrogens is 366 g/mol. The SMILES string of the molecule is Cc1csc(Nc2nc(C)c(C)c(N3CCc4ccccc4C3)n2)n1.Cl. The first-order valence-corrected chi connectivity index (χ1v) is 9.34. The molecule has 5 nitrogen and oxygen atoms in total. The fourth-order valence-corrected chi connectivity index (χ4v) is 3.84. The third-order valence-electron chi connectivity index (χ3n) is 4.63. The zero-order valence-corrected chi connectivity index (χ0v) is 16.7. The van der Waals surface area contributed by atoms with E-state index in [4.69, 9.17) is 4.98 Å². The summed E-state index contributed by atoms with van der Waals surface area (Å²) in [4.78, 5) is 16.2. The van der Waals surface area contributed by atoms with Crippen LogP contribution < -0.4 is 10.2 Å². The van der Waals surface area contributed by atoms with Gasteiger partial charge in [-0.25, -0.2) is 9.97 Å². The van der Waals surface area contributed by atoms with Crippen molar-refractivity contribution in [3.05, 3.63) is 57.7 Å². The third kappa shape index (κ3) is 3.66. The number of aromatic nitrogens is 3. The number of hydrogen-bond donors (Lipinski definition) is 1.